The zero-order valence-electron chi connectivity index (χ0n) is 21.2. The summed E-state index contributed by atoms with van der Waals surface area (Å²) in [6.07, 6.45) is 5.62. The summed E-state index contributed by atoms with van der Waals surface area (Å²) in [4.78, 5) is 22.5. The molecule has 0 fully saturated rings. The number of aryl methyl sites for hydroxylation is 1. The minimum atomic E-state index is -0.223. The lowest BCUT2D eigenvalue weighted by Crippen LogP contribution is -2.19. The second-order valence-corrected chi connectivity index (χ2v) is 8.63. The minimum absolute atomic E-state index is 0.00377. The zero-order chi connectivity index (χ0) is 26.0. The molecule has 3 rings (SSSR count). The van der Waals surface area contributed by atoms with E-state index in [4.69, 9.17) is 5.73 Å². The molecule has 7 heteroatoms. The van der Waals surface area contributed by atoms with Gasteiger partial charge in [0.1, 0.15) is 5.82 Å². The highest BCUT2D eigenvalue weighted by molar-refractivity contribution is 5.93. The fourth-order valence-corrected chi connectivity index (χ4v) is 3.35. The number of ketones is 1. The van der Waals surface area contributed by atoms with Crippen molar-refractivity contribution < 1.29 is 14.0 Å². The molecule has 0 aliphatic carbocycles. The van der Waals surface area contributed by atoms with Crippen LogP contribution in [-0.2, 0) is 24.2 Å². The van der Waals surface area contributed by atoms with Crippen LogP contribution in [0.1, 0.15) is 66.7 Å². The molecule has 0 aliphatic rings. The lowest BCUT2D eigenvalue weighted by molar-refractivity contribution is -0.119. The van der Waals surface area contributed by atoms with Crippen LogP contribution in [0.4, 0.5) is 4.39 Å². The number of aromatic nitrogens is 2. The molecule has 35 heavy (non-hydrogen) atoms. The molecule has 0 aliphatic heterocycles. The molecule has 1 amide bonds. The van der Waals surface area contributed by atoms with Crippen molar-refractivity contribution >= 4 is 17.4 Å². The van der Waals surface area contributed by atoms with Gasteiger partial charge in [0.05, 0.1) is 24.7 Å². The van der Waals surface area contributed by atoms with E-state index >= 15 is 0 Å². The van der Waals surface area contributed by atoms with Gasteiger partial charge in [-0.25, -0.2) is 4.39 Å². The maximum Gasteiger partial charge on any atom is 0.224 e. The SMILES string of the molecule is CCCc1ccc(C(N)=C(C)C)c(F)c1.CNC(=O)Cc1ccc(Cn2cc(C(C)=O)cn2)cc1. The van der Waals surface area contributed by atoms with E-state index in [0.717, 1.165) is 35.1 Å². The molecule has 1 heterocycles. The summed E-state index contributed by atoms with van der Waals surface area (Å²) < 4.78 is 15.4. The quantitative estimate of drug-likeness (QED) is 0.450. The van der Waals surface area contributed by atoms with E-state index in [0.29, 0.717) is 29.8 Å². The molecule has 0 saturated carbocycles. The number of amides is 1. The molecule has 6 nitrogen and oxygen atoms in total. The van der Waals surface area contributed by atoms with Crippen molar-refractivity contribution in [3.8, 4) is 0 Å². The number of nitrogens with zero attached hydrogens (tertiary/aromatic N) is 2. The molecule has 1 aromatic heterocycles. The van der Waals surface area contributed by atoms with E-state index in [-0.39, 0.29) is 17.5 Å². The van der Waals surface area contributed by atoms with E-state index in [9.17, 15) is 14.0 Å². The van der Waals surface area contributed by atoms with Gasteiger partial charge in [0.15, 0.2) is 5.78 Å². The number of carbonyl (C=O) groups excluding carboxylic acids is 2. The Hall–Kier alpha value is -3.74. The van der Waals surface area contributed by atoms with Crippen LogP contribution in [0.5, 0.6) is 0 Å². The van der Waals surface area contributed by atoms with Crippen LogP contribution in [0.25, 0.3) is 5.70 Å². The van der Waals surface area contributed by atoms with Crippen LogP contribution < -0.4 is 11.1 Å². The van der Waals surface area contributed by atoms with Crippen LogP contribution in [0.2, 0.25) is 0 Å². The van der Waals surface area contributed by atoms with Crippen molar-refractivity contribution in [2.24, 2.45) is 5.73 Å². The number of allylic oxidation sites excluding steroid dienone is 1. The van der Waals surface area contributed by atoms with Crippen LogP contribution >= 0.6 is 0 Å². The van der Waals surface area contributed by atoms with E-state index in [1.54, 1.807) is 36.3 Å². The van der Waals surface area contributed by atoms with Gasteiger partial charge in [0.2, 0.25) is 5.91 Å². The van der Waals surface area contributed by atoms with Gasteiger partial charge in [0.25, 0.3) is 0 Å². The highest BCUT2D eigenvalue weighted by Gasteiger charge is 2.07. The van der Waals surface area contributed by atoms with Gasteiger partial charge >= 0.3 is 0 Å². The summed E-state index contributed by atoms with van der Waals surface area (Å²) in [5.41, 5.74) is 11.5. The summed E-state index contributed by atoms with van der Waals surface area (Å²) in [7, 11) is 1.63. The third kappa shape index (κ3) is 8.52. The first-order valence-corrected chi connectivity index (χ1v) is 11.7. The number of halogens is 1. The molecule has 3 aromatic rings. The van der Waals surface area contributed by atoms with Crippen LogP contribution in [0.3, 0.4) is 0 Å². The number of nitrogens with one attached hydrogen (secondary N) is 1. The Kier molecular flexibility index (Phi) is 10.4. The summed E-state index contributed by atoms with van der Waals surface area (Å²) in [5.74, 6) is -0.215. The van der Waals surface area contributed by atoms with E-state index in [1.165, 1.54) is 6.92 Å². The lowest BCUT2D eigenvalue weighted by atomic mass is 10.0. The Morgan fingerprint density at radius 1 is 1.03 bits per heavy atom. The Bertz CT molecular complexity index is 1180. The lowest BCUT2D eigenvalue weighted by Gasteiger charge is -2.07. The number of nitrogens with two attached hydrogens (primary N) is 1. The van der Waals surface area contributed by atoms with Gasteiger partial charge < -0.3 is 11.1 Å². The molecule has 186 valence electrons. The standard InChI is InChI=1S/C15H17N3O2.C13H18FN/c1-11(19)14-8-17-18(10-14)9-13-5-3-12(4-6-13)7-15(20)16-2;1-4-5-10-6-7-11(12(14)8-10)13(15)9(2)3/h3-6,8,10H,7,9H2,1-2H3,(H,16,20);6-8H,4-5,15H2,1-3H3. The summed E-state index contributed by atoms with van der Waals surface area (Å²) in [5, 5.41) is 6.74. The Morgan fingerprint density at radius 2 is 1.66 bits per heavy atom. The number of Topliss-reactive ketones (excluding diaryl/α,β-unsaturated/α-hetero) is 1. The van der Waals surface area contributed by atoms with Crippen LogP contribution in [-0.4, -0.2) is 28.5 Å². The molecule has 0 radical (unpaired) electrons. The molecule has 0 unspecified atom stereocenters. The van der Waals surface area contributed by atoms with Gasteiger partial charge in [-0.05, 0) is 56.0 Å². The predicted octanol–water partition coefficient (Wildman–Crippen LogP) is 4.91. The second kappa shape index (κ2) is 13.2. The van der Waals surface area contributed by atoms with Crippen molar-refractivity contribution in [3.63, 3.8) is 0 Å². The summed E-state index contributed by atoms with van der Waals surface area (Å²) >= 11 is 0. The molecule has 2 aromatic carbocycles. The number of hydrogen-bond donors (Lipinski definition) is 2. The first-order chi connectivity index (χ1) is 16.6. The Balaban J connectivity index is 0.000000258. The number of likely N-dealkylation sites (N-methyl/N-ethyl adjacent to an activating group) is 1. The smallest absolute Gasteiger partial charge is 0.224 e. The van der Waals surface area contributed by atoms with Crippen molar-refractivity contribution in [1.82, 2.24) is 15.1 Å². The van der Waals surface area contributed by atoms with Gasteiger partial charge in [-0.1, -0.05) is 49.2 Å². The number of rotatable bonds is 8. The van der Waals surface area contributed by atoms with Crippen molar-refractivity contribution in [1.29, 1.82) is 0 Å². The van der Waals surface area contributed by atoms with Crippen LogP contribution in [0, 0.1) is 5.82 Å². The number of carbonyl (C=O) groups is 2. The zero-order valence-corrected chi connectivity index (χ0v) is 21.2. The normalized spacial score (nSPS) is 10.2. The average molecular weight is 479 g/mol. The van der Waals surface area contributed by atoms with Gasteiger partial charge in [0, 0.05) is 24.5 Å². The van der Waals surface area contributed by atoms with Gasteiger partial charge in [-0.2, -0.15) is 5.10 Å². The topological polar surface area (TPSA) is 90.0 Å². The maximum atomic E-state index is 13.7. The maximum absolute atomic E-state index is 13.7. The van der Waals surface area contributed by atoms with Gasteiger partial charge in [-0.3, -0.25) is 14.3 Å². The Labute approximate surface area is 207 Å². The second-order valence-electron chi connectivity index (χ2n) is 8.63. The monoisotopic (exact) mass is 478 g/mol. The Morgan fingerprint density at radius 3 is 2.17 bits per heavy atom. The third-order valence-electron chi connectivity index (χ3n) is 5.45. The molecule has 0 bridgehead atoms. The molecule has 0 spiro atoms. The fourth-order valence-electron chi connectivity index (χ4n) is 3.35. The molecule has 0 atom stereocenters. The molecule has 0 saturated heterocycles. The summed E-state index contributed by atoms with van der Waals surface area (Å²) in [6, 6.07) is 13.1. The van der Waals surface area contributed by atoms with Crippen molar-refractivity contribution in [3.05, 3.63) is 94.1 Å². The first-order valence-electron chi connectivity index (χ1n) is 11.7. The summed E-state index contributed by atoms with van der Waals surface area (Å²) in [6.45, 7) is 7.97. The highest BCUT2D eigenvalue weighted by atomic mass is 19.1. The molecular weight excluding hydrogens is 443 g/mol. The van der Waals surface area contributed by atoms with Gasteiger partial charge in [-0.15, -0.1) is 0 Å². The third-order valence-corrected chi connectivity index (χ3v) is 5.45. The highest BCUT2D eigenvalue weighted by Crippen LogP contribution is 2.19. The first kappa shape index (κ1) is 27.5. The average Bonchev–Trinajstić information content (AvgIpc) is 3.29. The number of benzene rings is 2. The largest absolute Gasteiger partial charge is 0.398 e. The van der Waals surface area contributed by atoms with E-state index in [1.807, 2.05) is 44.2 Å². The molecule has 3 N–H and O–H groups in total. The minimum Gasteiger partial charge on any atom is -0.398 e. The molecular formula is C28H35FN4O2. The van der Waals surface area contributed by atoms with Crippen molar-refractivity contribution in [2.45, 2.75) is 53.5 Å². The van der Waals surface area contributed by atoms with Crippen LogP contribution in [0.15, 0.2) is 60.4 Å². The number of hydrogen-bond acceptors (Lipinski definition) is 4. The van der Waals surface area contributed by atoms with Crippen molar-refractivity contribution in [2.75, 3.05) is 7.05 Å². The predicted molar refractivity (Wildman–Crippen MR) is 138 cm³/mol. The van der Waals surface area contributed by atoms with E-state index in [2.05, 4.69) is 17.3 Å². The van der Waals surface area contributed by atoms with E-state index < -0.39 is 0 Å². The fraction of sp³-hybridized carbons (Fsp3) is 0.321.